The summed E-state index contributed by atoms with van der Waals surface area (Å²) in [7, 11) is 0. The molecule has 0 radical (unpaired) electrons. The molecule has 0 aromatic heterocycles. The summed E-state index contributed by atoms with van der Waals surface area (Å²) in [6, 6.07) is 0.488. The molecule has 0 rings (SSSR count). The van der Waals surface area contributed by atoms with E-state index in [1.807, 2.05) is 20.1 Å². The fourth-order valence-electron chi connectivity index (χ4n) is 1.04. The van der Waals surface area contributed by atoms with Crippen LogP contribution in [0.1, 0.15) is 27.7 Å². The van der Waals surface area contributed by atoms with E-state index in [4.69, 9.17) is 8.92 Å². The van der Waals surface area contributed by atoms with E-state index in [0.717, 1.165) is 6.54 Å². The van der Waals surface area contributed by atoms with Gasteiger partial charge in [-0.15, -0.1) is 0 Å². The van der Waals surface area contributed by atoms with Gasteiger partial charge < -0.3 is 14.2 Å². The highest BCUT2D eigenvalue weighted by Gasteiger charge is 2.11. The smallest absolute Gasteiger partial charge is 0.0948 e. The lowest BCUT2D eigenvalue weighted by Gasteiger charge is -2.21. The molecule has 0 aromatic rings. The van der Waals surface area contributed by atoms with Gasteiger partial charge in [0.1, 0.15) is 0 Å². The molecule has 1 atom stereocenters. The molecule has 0 aromatic carbocycles. The van der Waals surface area contributed by atoms with Gasteiger partial charge in [0.05, 0.1) is 18.8 Å². The molecule has 1 N–H and O–H groups in total. The Morgan fingerprint density at radius 1 is 1.21 bits per heavy atom. The van der Waals surface area contributed by atoms with Gasteiger partial charge in [0.25, 0.3) is 0 Å². The molecule has 0 amide bonds. The zero-order valence-electron chi connectivity index (χ0n) is 9.87. The molecule has 4 heteroatoms. The van der Waals surface area contributed by atoms with Crippen LogP contribution in [0.25, 0.3) is 0 Å². The summed E-state index contributed by atoms with van der Waals surface area (Å²) in [4.78, 5) is 0. The highest BCUT2D eigenvalue weighted by molar-refractivity contribution is 7.93. The molecule has 0 bridgehead atoms. The van der Waals surface area contributed by atoms with Crippen LogP contribution in [0.4, 0.5) is 0 Å². The molecular formula is C10H23NO2S. The van der Waals surface area contributed by atoms with Crippen molar-refractivity contribution in [3.05, 3.63) is 0 Å². The standard InChI is InChI=1S/C10H23NO2S/c1-8(2)11-6-10(7-12-14-5)13-9(3)4/h8-11H,6-7H2,1-5H3. The van der Waals surface area contributed by atoms with Gasteiger partial charge in [-0.2, -0.15) is 0 Å². The van der Waals surface area contributed by atoms with E-state index >= 15 is 0 Å². The maximum Gasteiger partial charge on any atom is 0.0948 e. The van der Waals surface area contributed by atoms with Crippen LogP contribution in [0.3, 0.4) is 0 Å². The second-order valence-corrected chi connectivity index (χ2v) is 4.39. The van der Waals surface area contributed by atoms with Crippen molar-refractivity contribution in [2.75, 3.05) is 19.4 Å². The number of ether oxygens (including phenoxy) is 1. The first-order valence-electron chi connectivity index (χ1n) is 5.10. The molecule has 0 saturated heterocycles. The van der Waals surface area contributed by atoms with E-state index in [1.165, 1.54) is 12.0 Å². The fraction of sp³-hybridized carbons (Fsp3) is 1.00. The third kappa shape index (κ3) is 8.81. The molecule has 86 valence electrons. The lowest BCUT2D eigenvalue weighted by atomic mass is 10.3. The quantitative estimate of drug-likeness (QED) is 0.636. The molecule has 0 spiro atoms. The molecule has 0 aliphatic heterocycles. The Bertz CT molecular complexity index is 131. The largest absolute Gasteiger partial charge is 0.372 e. The highest BCUT2D eigenvalue weighted by atomic mass is 32.2. The SMILES string of the molecule is CSOCC(CNC(C)C)OC(C)C. The van der Waals surface area contributed by atoms with Crippen molar-refractivity contribution < 1.29 is 8.92 Å². The lowest BCUT2D eigenvalue weighted by Crippen LogP contribution is -2.37. The lowest BCUT2D eigenvalue weighted by molar-refractivity contribution is -0.0132. The van der Waals surface area contributed by atoms with Crippen molar-refractivity contribution in [1.29, 1.82) is 0 Å². The molecule has 0 heterocycles. The number of nitrogens with one attached hydrogen (secondary N) is 1. The van der Waals surface area contributed by atoms with Crippen LogP contribution in [-0.4, -0.2) is 37.7 Å². The van der Waals surface area contributed by atoms with Crippen molar-refractivity contribution >= 4 is 12.0 Å². The zero-order valence-corrected chi connectivity index (χ0v) is 10.7. The van der Waals surface area contributed by atoms with Gasteiger partial charge in [-0.3, -0.25) is 0 Å². The van der Waals surface area contributed by atoms with Crippen molar-refractivity contribution in [2.24, 2.45) is 0 Å². The van der Waals surface area contributed by atoms with Crippen molar-refractivity contribution in [3.63, 3.8) is 0 Å². The molecule has 0 fully saturated rings. The van der Waals surface area contributed by atoms with Gasteiger partial charge in [-0.1, -0.05) is 13.8 Å². The molecule has 0 saturated carbocycles. The Balaban J connectivity index is 3.72. The van der Waals surface area contributed by atoms with E-state index in [1.54, 1.807) is 0 Å². The van der Waals surface area contributed by atoms with Gasteiger partial charge in [0, 0.05) is 18.8 Å². The molecule has 3 nitrogen and oxygen atoms in total. The minimum absolute atomic E-state index is 0.143. The summed E-state index contributed by atoms with van der Waals surface area (Å²) in [5.41, 5.74) is 0. The summed E-state index contributed by atoms with van der Waals surface area (Å²) in [5.74, 6) is 0. The van der Waals surface area contributed by atoms with Gasteiger partial charge in [0.15, 0.2) is 0 Å². The topological polar surface area (TPSA) is 30.5 Å². The molecule has 1 unspecified atom stereocenters. The van der Waals surface area contributed by atoms with Crippen LogP contribution in [-0.2, 0) is 8.92 Å². The van der Waals surface area contributed by atoms with Crippen molar-refractivity contribution in [2.45, 2.75) is 45.9 Å². The Hall–Kier alpha value is 0.230. The van der Waals surface area contributed by atoms with Crippen LogP contribution in [0.15, 0.2) is 0 Å². The minimum Gasteiger partial charge on any atom is -0.372 e. The first kappa shape index (κ1) is 14.2. The highest BCUT2D eigenvalue weighted by Crippen LogP contribution is 2.03. The number of hydrogen-bond acceptors (Lipinski definition) is 4. The second kappa shape index (κ2) is 8.53. The van der Waals surface area contributed by atoms with Crippen LogP contribution in [0, 0.1) is 0 Å². The molecule has 14 heavy (non-hydrogen) atoms. The van der Waals surface area contributed by atoms with Crippen LogP contribution in [0.2, 0.25) is 0 Å². The maximum atomic E-state index is 5.70. The predicted molar refractivity (Wildman–Crippen MR) is 62.6 cm³/mol. The summed E-state index contributed by atoms with van der Waals surface area (Å²) < 4.78 is 11.0. The van der Waals surface area contributed by atoms with Crippen molar-refractivity contribution in [1.82, 2.24) is 5.32 Å². The van der Waals surface area contributed by atoms with E-state index in [0.29, 0.717) is 12.6 Å². The Morgan fingerprint density at radius 3 is 2.29 bits per heavy atom. The summed E-state index contributed by atoms with van der Waals surface area (Å²) >= 11 is 1.38. The van der Waals surface area contributed by atoms with E-state index in [2.05, 4.69) is 19.2 Å². The normalized spacial score (nSPS) is 13.9. The maximum absolute atomic E-state index is 5.70. The molecule has 0 aliphatic rings. The molecule has 0 aliphatic carbocycles. The average Bonchev–Trinajstić information content (AvgIpc) is 2.09. The number of hydrogen-bond donors (Lipinski definition) is 1. The van der Waals surface area contributed by atoms with E-state index < -0.39 is 0 Å². The average molecular weight is 221 g/mol. The Morgan fingerprint density at radius 2 is 1.86 bits per heavy atom. The number of rotatable bonds is 8. The summed E-state index contributed by atoms with van der Waals surface area (Å²) in [6.45, 7) is 9.82. The predicted octanol–water partition coefficient (Wildman–Crippen LogP) is 2.07. The molecular weight excluding hydrogens is 198 g/mol. The Labute approximate surface area is 92.1 Å². The first-order valence-corrected chi connectivity index (χ1v) is 6.25. The minimum atomic E-state index is 0.143. The van der Waals surface area contributed by atoms with E-state index in [-0.39, 0.29) is 12.2 Å². The van der Waals surface area contributed by atoms with Crippen LogP contribution >= 0.6 is 12.0 Å². The Kier molecular flexibility index (Phi) is 8.67. The summed E-state index contributed by atoms with van der Waals surface area (Å²) in [6.07, 6.45) is 2.31. The third-order valence-electron chi connectivity index (χ3n) is 1.59. The van der Waals surface area contributed by atoms with Gasteiger partial charge in [-0.05, 0) is 25.9 Å². The van der Waals surface area contributed by atoms with E-state index in [9.17, 15) is 0 Å². The zero-order chi connectivity index (χ0) is 11.0. The fourth-order valence-corrected chi connectivity index (χ4v) is 1.33. The van der Waals surface area contributed by atoms with Crippen LogP contribution < -0.4 is 5.32 Å². The monoisotopic (exact) mass is 221 g/mol. The van der Waals surface area contributed by atoms with Gasteiger partial charge >= 0.3 is 0 Å². The second-order valence-electron chi connectivity index (χ2n) is 3.82. The van der Waals surface area contributed by atoms with Crippen LogP contribution in [0.5, 0.6) is 0 Å². The summed E-state index contributed by atoms with van der Waals surface area (Å²) in [5, 5.41) is 3.35. The first-order chi connectivity index (χ1) is 6.56. The van der Waals surface area contributed by atoms with Gasteiger partial charge in [0.2, 0.25) is 0 Å². The van der Waals surface area contributed by atoms with Gasteiger partial charge in [-0.25, -0.2) is 0 Å². The van der Waals surface area contributed by atoms with Crippen molar-refractivity contribution in [3.8, 4) is 0 Å². The third-order valence-corrected chi connectivity index (χ3v) is 1.96.